The Morgan fingerprint density at radius 2 is 2.06 bits per heavy atom. The fraction of sp³-hybridized carbons (Fsp3) is 0.500. The second kappa shape index (κ2) is 6.11. The number of benzene rings is 1. The van der Waals surface area contributed by atoms with E-state index in [1.807, 2.05) is 13.8 Å². The highest BCUT2D eigenvalue weighted by molar-refractivity contribution is 7.84. The summed E-state index contributed by atoms with van der Waals surface area (Å²) in [5, 5.41) is 0. The van der Waals surface area contributed by atoms with Crippen molar-refractivity contribution >= 4 is 10.8 Å². The maximum absolute atomic E-state index is 13.1. The normalized spacial score (nSPS) is 13.1. The standard InChI is InChI=1S/C12H18FNOS/c1-9(2)7-16(15)8-11-5-12(13)4-3-10(11)6-14/h3-5,9H,6-8,14H2,1-2H3. The van der Waals surface area contributed by atoms with Crippen molar-refractivity contribution in [2.24, 2.45) is 11.7 Å². The predicted molar refractivity (Wildman–Crippen MR) is 65.8 cm³/mol. The Hall–Kier alpha value is -0.740. The van der Waals surface area contributed by atoms with Crippen LogP contribution in [0.1, 0.15) is 25.0 Å². The average molecular weight is 243 g/mol. The smallest absolute Gasteiger partial charge is 0.123 e. The molecule has 0 fully saturated rings. The second-order valence-corrected chi connectivity index (χ2v) is 5.76. The maximum atomic E-state index is 13.1. The number of nitrogens with two attached hydrogens (primary N) is 1. The van der Waals surface area contributed by atoms with E-state index in [0.29, 0.717) is 24.0 Å². The summed E-state index contributed by atoms with van der Waals surface area (Å²) in [6.07, 6.45) is 0. The zero-order valence-corrected chi connectivity index (χ0v) is 10.5. The molecule has 0 amide bonds. The number of hydrogen-bond acceptors (Lipinski definition) is 2. The summed E-state index contributed by atoms with van der Waals surface area (Å²) in [5.41, 5.74) is 7.20. The van der Waals surface area contributed by atoms with Crippen LogP contribution < -0.4 is 5.73 Å². The van der Waals surface area contributed by atoms with Crippen LogP contribution in [0.5, 0.6) is 0 Å². The van der Waals surface area contributed by atoms with Gasteiger partial charge < -0.3 is 5.73 Å². The Kier molecular flexibility index (Phi) is 5.09. The third-order valence-electron chi connectivity index (χ3n) is 2.22. The first-order chi connectivity index (χ1) is 7.52. The molecule has 2 nitrogen and oxygen atoms in total. The molecule has 1 aromatic carbocycles. The quantitative estimate of drug-likeness (QED) is 0.861. The molecule has 0 bridgehead atoms. The van der Waals surface area contributed by atoms with Crippen molar-refractivity contribution in [3.8, 4) is 0 Å². The van der Waals surface area contributed by atoms with Gasteiger partial charge in [-0.1, -0.05) is 19.9 Å². The molecule has 1 aromatic rings. The van der Waals surface area contributed by atoms with Gasteiger partial charge in [-0.15, -0.1) is 0 Å². The third kappa shape index (κ3) is 4.02. The van der Waals surface area contributed by atoms with Gasteiger partial charge >= 0.3 is 0 Å². The molecule has 1 unspecified atom stereocenters. The summed E-state index contributed by atoms with van der Waals surface area (Å²) in [5.74, 6) is 1.12. The van der Waals surface area contributed by atoms with Crippen LogP contribution in [0.4, 0.5) is 4.39 Å². The second-order valence-electron chi connectivity index (χ2n) is 4.26. The molecular weight excluding hydrogens is 225 g/mol. The molecule has 1 atom stereocenters. The van der Waals surface area contributed by atoms with Gasteiger partial charge in [-0.05, 0) is 29.2 Å². The van der Waals surface area contributed by atoms with Crippen LogP contribution in [0.3, 0.4) is 0 Å². The highest BCUT2D eigenvalue weighted by atomic mass is 32.2. The minimum atomic E-state index is -0.943. The molecule has 0 spiro atoms. The number of halogens is 1. The molecule has 90 valence electrons. The van der Waals surface area contributed by atoms with Gasteiger partial charge in [0.2, 0.25) is 0 Å². The Morgan fingerprint density at radius 3 is 2.62 bits per heavy atom. The fourth-order valence-corrected chi connectivity index (χ4v) is 3.01. The molecule has 0 heterocycles. The van der Waals surface area contributed by atoms with Crippen LogP contribution in [-0.4, -0.2) is 9.96 Å². The van der Waals surface area contributed by atoms with E-state index in [2.05, 4.69) is 0 Å². The molecule has 1 rings (SSSR count). The monoisotopic (exact) mass is 243 g/mol. The topological polar surface area (TPSA) is 43.1 Å². The van der Waals surface area contributed by atoms with Gasteiger partial charge in [0.05, 0.1) is 0 Å². The van der Waals surface area contributed by atoms with Crippen LogP contribution in [-0.2, 0) is 23.1 Å². The van der Waals surface area contributed by atoms with Gasteiger partial charge in [0.1, 0.15) is 5.82 Å². The predicted octanol–water partition coefficient (Wildman–Crippen LogP) is 2.19. The minimum Gasteiger partial charge on any atom is -0.326 e. The highest BCUT2D eigenvalue weighted by Gasteiger charge is 2.09. The van der Waals surface area contributed by atoms with Crippen LogP contribution in [0.2, 0.25) is 0 Å². The molecule has 2 N–H and O–H groups in total. The van der Waals surface area contributed by atoms with Crippen LogP contribution in [0.15, 0.2) is 18.2 Å². The summed E-state index contributed by atoms with van der Waals surface area (Å²) < 4.78 is 24.8. The Balaban J connectivity index is 2.79. The lowest BCUT2D eigenvalue weighted by Gasteiger charge is -2.09. The Bertz CT molecular complexity index is 379. The fourth-order valence-electron chi connectivity index (χ4n) is 1.53. The van der Waals surface area contributed by atoms with E-state index in [1.54, 1.807) is 6.07 Å². The van der Waals surface area contributed by atoms with Crippen molar-refractivity contribution in [3.63, 3.8) is 0 Å². The first-order valence-electron chi connectivity index (χ1n) is 5.35. The van der Waals surface area contributed by atoms with Gasteiger partial charge in [-0.25, -0.2) is 4.39 Å². The number of rotatable bonds is 5. The Morgan fingerprint density at radius 1 is 1.38 bits per heavy atom. The molecule has 16 heavy (non-hydrogen) atoms. The van der Waals surface area contributed by atoms with Gasteiger partial charge in [0.15, 0.2) is 0 Å². The molecule has 0 aliphatic carbocycles. The zero-order valence-electron chi connectivity index (χ0n) is 9.70. The highest BCUT2D eigenvalue weighted by Crippen LogP contribution is 2.14. The van der Waals surface area contributed by atoms with Crippen molar-refractivity contribution in [2.75, 3.05) is 5.75 Å². The molecular formula is C12H18FNOS. The van der Waals surface area contributed by atoms with Crippen molar-refractivity contribution in [1.29, 1.82) is 0 Å². The van der Waals surface area contributed by atoms with Gasteiger partial charge in [-0.2, -0.15) is 0 Å². The van der Waals surface area contributed by atoms with Crippen LogP contribution in [0, 0.1) is 11.7 Å². The van der Waals surface area contributed by atoms with E-state index in [0.717, 1.165) is 11.1 Å². The minimum absolute atomic E-state index is 0.297. The zero-order chi connectivity index (χ0) is 12.1. The van der Waals surface area contributed by atoms with Gasteiger partial charge in [0, 0.05) is 28.9 Å². The number of hydrogen-bond donors (Lipinski definition) is 1. The molecule has 0 radical (unpaired) electrons. The summed E-state index contributed by atoms with van der Waals surface area (Å²) in [6, 6.07) is 4.48. The molecule has 0 aliphatic rings. The van der Waals surface area contributed by atoms with E-state index in [9.17, 15) is 8.60 Å². The lowest BCUT2D eigenvalue weighted by molar-refractivity contribution is 0.625. The Labute approximate surface area is 98.5 Å². The van der Waals surface area contributed by atoms with E-state index >= 15 is 0 Å². The van der Waals surface area contributed by atoms with Gasteiger partial charge in [-0.3, -0.25) is 4.21 Å². The van der Waals surface area contributed by atoms with Crippen molar-refractivity contribution < 1.29 is 8.60 Å². The first kappa shape index (κ1) is 13.3. The van der Waals surface area contributed by atoms with Crippen LogP contribution in [0.25, 0.3) is 0 Å². The molecule has 4 heteroatoms. The largest absolute Gasteiger partial charge is 0.326 e. The molecule has 0 saturated carbocycles. The summed E-state index contributed by atoms with van der Waals surface area (Å²) in [4.78, 5) is 0. The average Bonchev–Trinajstić information content (AvgIpc) is 2.16. The third-order valence-corrected chi connectivity index (χ3v) is 3.90. The van der Waals surface area contributed by atoms with Crippen molar-refractivity contribution in [2.45, 2.75) is 26.1 Å². The molecule has 0 aliphatic heterocycles. The maximum Gasteiger partial charge on any atom is 0.123 e. The summed E-state index contributed by atoms with van der Waals surface area (Å²) in [7, 11) is -0.943. The van der Waals surface area contributed by atoms with E-state index in [1.165, 1.54) is 12.1 Å². The SMILES string of the molecule is CC(C)CS(=O)Cc1cc(F)ccc1CN. The molecule has 0 saturated heterocycles. The van der Waals surface area contributed by atoms with Crippen molar-refractivity contribution in [3.05, 3.63) is 35.1 Å². The van der Waals surface area contributed by atoms with E-state index in [-0.39, 0.29) is 5.82 Å². The van der Waals surface area contributed by atoms with Crippen molar-refractivity contribution in [1.82, 2.24) is 0 Å². The lowest BCUT2D eigenvalue weighted by Crippen LogP contribution is -2.10. The van der Waals surface area contributed by atoms with E-state index < -0.39 is 10.8 Å². The lowest BCUT2D eigenvalue weighted by atomic mass is 10.1. The first-order valence-corrected chi connectivity index (χ1v) is 6.84. The summed E-state index contributed by atoms with van der Waals surface area (Å²) in [6.45, 7) is 4.40. The van der Waals surface area contributed by atoms with Crippen LogP contribution >= 0.6 is 0 Å². The van der Waals surface area contributed by atoms with Gasteiger partial charge in [0.25, 0.3) is 0 Å². The summed E-state index contributed by atoms with van der Waals surface area (Å²) >= 11 is 0. The van der Waals surface area contributed by atoms with E-state index in [4.69, 9.17) is 5.73 Å². The molecule has 0 aromatic heterocycles.